The first-order chi connectivity index (χ1) is 11.7. The van der Waals surface area contributed by atoms with E-state index >= 15 is 0 Å². The second kappa shape index (κ2) is 6.69. The van der Waals surface area contributed by atoms with Crippen molar-refractivity contribution in [3.05, 3.63) is 65.5 Å². The number of rotatable bonds is 6. The normalized spacial score (nSPS) is 10.3. The van der Waals surface area contributed by atoms with Gasteiger partial charge in [0.05, 0.1) is 4.92 Å². The molecule has 3 aromatic rings. The first-order valence-electron chi connectivity index (χ1n) is 7.06. The predicted molar refractivity (Wildman–Crippen MR) is 88.3 cm³/mol. The van der Waals surface area contributed by atoms with Crippen molar-refractivity contribution in [2.24, 2.45) is 0 Å². The largest absolute Gasteiger partial charge is 0.376 e. The molecule has 2 aromatic heterocycles. The molecule has 1 aromatic carbocycles. The number of aromatic nitrogens is 3. The minimum atomic E-state index is -0.463. The zero-order valence-corrected chi connectivity index (χ0v) is 12.5. The van der Waals surface area contributed by atoms with E-state index in [4.69, 9.17) is 4.52 Å². The van der Waals surface area contributed by atoms with Crippen molar-refractivity contribution in [1.82, 2.24) is 15.1 Å². The van der Waals surface area contributed by atoms with Crippen molar-refractivity contribution in [3.63, 3.8) is 0 Å². The SMILES string of the molecule is C=CCNc1ccc(-c2nc(-c3ccncc3)no2)cc1[N+](=O)[O-]. The van der Waals surface area contributed by atoms with Gasteiger partial charge in [0.15, 0.2) is 0 Å². The molecule has 0 spiro atoms. The molecule has 0 saturated heterocycles. The van der Waals surface area contributed by atoms with Crippen molar-refractivity contribution in [2.45, 2.75) is 0 Å². The quantitative estimate of drug-likeness (QED) is 0.421. The van der Waals surface area contributed by atoms with E-state index in [-0.39, 0.29) is 11.6 Å². The van der Waals surface area contributed by atoms with Crippen LogP contribution in [-0.4, -0.2) is 26.6 Å². The first-order valence-corrected chi connectivity index (χ1v) is 7.06. The summed E-state index contributed by atoms with van der Waals surface area (Å²) in [5.41, 5.74) is 1.55. The molecule has 1 N–H and O–H groups in total. The van der Waals surface area contributed by atoms with Gasteiger partial charge in [0.25, 0.3) is 11.6 Å². The molecule has 0 aliphatic carbocycles. The molecule has 0 atom stereocenters. The Bertz CT molecular complexity index is 876. The van der Waals surface area contributed by atoms with Gasteiger partial charge in [-0.05, 0) is 24.3 Å². The number of hydrogen-bond acceptors (Lipinski definition) is 7. The minimum absolute atomic E-state index is 0.0713. The summed E-state index contributed by atoms with van der Waals surface area (Å²) in [6, 6.07) is 8.18. The lowest BCUT2D eigenvalue weighted by atomic mass is 10.1. The van der Waals surface area contributed by atoms with Gasteiger partial charge < -0.3 is 9.84 Å². The summed E-state index contributed by atoms with van der Waals surface area (Å²) in [4.78, 5) is 19.0. The van der Waals surface area contributed by atoms with Gasteiger partial charge in [0, 0.05) is 36.1 Å². The lowest BCUT2D eigenvalue weighted by molar-refractivity contribution is -0.383. The average Bonchev–Trinajstić information content (AvgIpc) is 3.10. The average molecular weight is 323 g/mol. The minimum Gasteiger partial charge on any atom is -0.376 e. The monoisotopic (exact) mass is 323 g/mol. The highest BCUT2D eigenvalue weighted by molar-refractivity contribution is 5.70. The maximum absolute atomic E-state index is 11.3. The van der Waals surface area contributed by atoms with Crippen LogP contribution >= 0.6 is 0 Å². The summed E-state index contributed by atoms with van der Waals surface area (Å²) in [5, 5.41) is 18.1. The molecule has 120 valence electrons. The summed E-state index contributed by atoms with van der Waals surface area (Å²) in [6.45, 7) is 4.00. The maximum atomic E-state index is 11.3. The van der Waals surface area contributed by atoms with E-state index in [0.29, 0.717) is 23.6 Å². The van der Waals surface area contributed by atoms with E-state index in [1.807, 2.05) is 0 Å². The molecule has 0 aliphatic rings. The molecule has 0 fully saturated rings. The molecule has 0 bridgehead atoms. The molecule has 8 heteroatoms. The van der Waals surface area contributed by atoms with E-state index in [0.717, 1.165) is 5.56 Å². The van der Waals surface area contributed by atoms with E-state index in [1.54, 1.807) is 42.7 Å². The van der Waals surface area contributed by atoms with Crippen LogP contribution in [0.25, 0.3) is 22.8 Å². The van der Waals surface area contributed by atoms with E-state index in [9.17, 15) is 10.1 Å². The molecule has 8 nitrogen and oxygen atoms in total. The highest BCUT2D eigenvalue weighted by atomic mass is 16.6. The summed E-state index contributed by atoms with van der Waals surface area (Å²) in [6.07, 6.45) is 4.86. The standard InChI is InChI=1S/C16H13N5O3/c1-2-7-18-13-4-3-12(10-14(13)21(22)23)16-19-15(20-24-16)11-5-8-17-9-6-11/h2-6,8-10,18H,1,7H2. The molecular weight excluding hydrogens is 310 g/mol. The number of benzene rings is 1. The predicted octanol–water partition coefficient (Wildman–Crippen LogP) is 3.30. The van der Waals surface area contributed by atoms with Crippen LogP contribution in [-0.2, 0) is 0 Å². The number of hydrogen-bond donors (Lipinski definition) is 1. The van der Waals surface area contributed by atoms with Crippen molar-refractivity contribution in [1.29, 1.82) is 0 Å². The second-order valence-electron chi connectivity index (χ2n) is 4.82. The Morgan fingerprint density at radius 2 is 2.04 bits per heavy atom. The molecule has 0 amide bonds. The van der Waals surface area contributed by atoms with Gasteiger partial charge in [0.2, 0.25) is 5.82 Å². The maximum Gasteiger partial charge on any atom is 0.293 e. The second-order valence-corrected chi connectivity index (χ2v) is 4.82. The van der Waals surface area contributed by atoms with E-state index in [2.05, 4.69) is 27.0 Å². The van der Waals surface area contributed by atoms with Gasteiger partial charge in [-0.1, -0.05) is 11.2 Å². The fourth-order valence-electron chi connectivity index (χ4n) is 2.11. The molecule has 2 heterocycles. The fourth-order valence-corrected chi connectivity index (χ4v) is 2.11. The number of nitrogens with zero attached hydrogens (tertiary/aromatic N) is 4. The Labute approximate surface area is 137 Å². The van der Waals surface area contributed by atoms with E-state index in [1.165, 1.54) is 6.07 Å². The molecule has 0 unspecified atom stereocenters. The van der Waals surface area contributed by atoms with Gasteiger partial charge in [-0.2, -0.15) is 4.98 Å². The van der Waals surface area contributed by atoms with Gasteiger partial charge in [-0.3, -0.25) is 15.1 Å². The molecule has 0 saturated carbocycles. The third kappa shape index (κ3) is 3.12. The van der Waals surface area contributed by atoms with Crippen LogP contribution in [0.4, 0.5) is 11.4 Å². The summed E-state index contributed by atoms with van der Waals surface area (Å²) in [7, 11) is 0. The van der Waals surface area contributed by atoms with E-state index < -0.39 is 4.92 Å². The van der Waals surface area contributed by atoms with Crippen molar-refractivity contribution < 1.29 is 9.45 Å². The highest BCUT2D eigenvalue weighted by Gasteiger charge is 2.18. The third-order valence-corrected chi connectivity index (χ3v) is 3.24. The van der Waals surface area contributed by atoms with Crippen LogP contribution in [0.5, 0.6) is 0 Å². The molecule has 0 aliphatic heterocycles. The number of nitro groups is 1. The number of nitro benzene ring substituents is 1. The molecule has 0 radical (unpaired) electrons. The van der Waals surface area contributed by atoms with Gasteiger partial charge in [-0.15, -0.1) is 6.58 Å². The lowest BCUT2D eigenvalue weighted by Crippen LogP contribution is -2.02. The number of pyridine rings is 1. The first kappa shape index (κ1) is 15.3. The number of anilines is 1. The van der Waals surface area contributed by atoms with Crippen LogP contribution in [0, 0.1) is 10.1 Å². The Morgan fingerprint density at radius 3 is 2.75 bits per heavy atom. The van der Waals surface area contributed by atoms with Crippen LogP contribution in [0.3, 0.4) is 0 Å². The Morgan fingerprint density at radius 1 is 1.25 bits per heavy atom. The Hall–Kier alpha value is -3.55. The zero-order valence-electron chi connectivity index (χ0n) is 12.5. The molecular formula is C16H13N5O3. The highest BCUT2D eigenvalue weighted by Crippen LogP contribution is 2.30. The van der Waals surface area contributed by atoms with Crippen molar-refractivity contribution in [2.75, 3.05) is 11.9 Å². The zero-order chi connectivity index (χ0) is 16.9. The van der Waals surface area contributed by atoms with Crippen LogP contribution < -0.4 is 5.32 Å². The topological polar surface area (TPSA) is 107 Å². The third-order valence-electron chi connectivity index (χ3n) is 3.24. The summed E-state index contributed by atoms with van der Waals surface area (Å²) < 4.78 is 5.22. The van der Waals surface area contributed by atoms with Crippen LogP contribution in [0.1, 0.15) is 0 Å². The van der Waals surface area contributed by atoms with Gasteiger partial charge in [0.1, 0.15) is 5.69 Å². The smallest absolute Gasteiger partial charge is 0.293 e. The van der Waals surface area contributed by atoms with Crippen molar-refractivity contribution in [3.8, 4) is 22.8 Å². The van der Waals surface area contributed by atoms with Crippen LogP contribution in [0.2, 0.25) is 0 Å². The molecule has 24 heavy (non-hydrogen) atoms. The number of nitrogens with one attached hydrogen (secondary N) is 1. The Kier molecular flexibility index (Phi) is 4.28. The van der Waals surface area contributed by atoms with Crippen LogP contribution in [0.15, 0.2) is 59.9 Å². The van der Waals surface area contributed by atoms with Gasteiger partial charge in [-0.25, -0.2) is 0 Å². The summed E-state index contributed by atoms with van der Waals surface area (Å²) >= 11 is 0. The van der Waals surface area contributed by atoms with Crippen molar-refractivity contribution >= 4 is 11.4 Å². The summed E-state index contributed by atoms with van der Waals surface area (Å²) in [5.74, 6) is 0.601. The van der Waals surface area contributed by atoms with Gasteiger partial charge >= 0.3 is 0 Å². The fraction of sp³-hybridized carbons (Fsp3) is 0.0625. The lowest BCUT2D eigenvalue weighted by Gasteiger charge is -2.05. The molecule has 3 rings (SSSR count). The Balaban J connectivity index is 1.95.